The zero-order chi connectivity index (χ0) is 15.2. The van der Waals surface area contributed by atoms with Gasteiger partial charge in [-0.15, -0.1) is 0 Å². The lowest BCUT2D eigenvalue weighted by Crippen LogP contribution is -2.23. The molecule has 1 unspecified atom stereocenters. The number of aryl methyl sites for hydroxylation is 1. The molecule has 1 nitrogen and oxygen atoms in total. The van der Waals surface area contributed by atoms with Gasteiger partial charge in [0.1, 0.15) is 0 Å². The average molecular weight is 322 g/mol. The highest BCUT2D eigenvalue weighted by Crippen LogP contribution is 2.22. The van der Waals surface area contributed by atoms with Gasteiger partial charge in [-0.1, -0.05) is 66.0 Å². The van der Waals surface area contributed by atoms with Gasteiger partial charge in [0.05, 0.1) is 0 Å². The van der Waals surface area contributed by atoms with Gasteiger partial charge >= 0.3 is 0 Å². The Kier molecular flexibility index (Phi) is 6.10. The third kappa shape index (κ3) is 4.74. The third-order valence-electron chi connectivity index (χ3n) is 3.69. The summed E-state index contributed by atoms with van der Waals surface area (Å²) in [7, 11) is 0. The van der Waals surface area contributed by atoms with Gasteiger partial charge in [0.25, 0.3) is 0 Å². The van der Waals surface area contributed by atoms with Crippen molar-refractivity contribution >= 4 is 23.2 Å². The molecule has 2 aromatic rings. The SMILES string of the molecule is CCC(NCCc1ccc(Cl)cc1Cl)c1ccc(C)cc1. The maximum absolute atomic E-state index is 6.20. The molecule has 112 valence electrons. The van der Waals surface area contributed by atoms with E-state index in [-0.39, 0.29) is 0 Å². The van der Waals surface area contributed by atoms with Crippen LogP contribution in [0.4, 0.5) is 0 Å². The van der Waals surface area contributed by atoms with Crippen LogP contribution in [0.3, 0.4) is 0 Å². The van der Waals surface area contributed by atoms with Gasteiger partial charge in [0.2, 0.25) is 0 Å². The topological polar surface area (TPSA) is 12.0 Å². The third-order valence-corrected chi connectivity index (χ3v) is 4.28. The largest absolute Gasteiger partial charge is 0.310 e. The fraction of sp³-hybridized carbons (Fsp3) is 0.333. The van der Waals surface area contributed by atoms with Crippen molar-refractivity contribution in [1.82, 2.24) is 5.32 Å². The van der Waals surface area contributed by atoms with E-state index in [2.05, 4.69) is 43.4 Å². The summed E-state index contributed by atoms with van der Waals surface area (Å²) in [4.78, 5) is 0. The quantitative estimate of drug-likeness (QED) is 0.731. The standard InChI is InChI=1S/C18H21Cl2N/c1-3-18(15-6-4-13(2)5-7-15)21-11-10-14-8-9-16(19)12-17(14)20/h4-9,12,18,21H,3,10-11H2,1-2H3. The Hall–Kier alpha value is -1.02. The number of rotatable bonds is 6. The van der Waals surface area contributed by atoms with Crippen molar-refractivity contribution in [3.05, 3.63) is 69.2 Å². The van der Waals surface area contributed by atoms with Crippen molar-refractivity contribution < 1.29 is 0 Å². The van der Waals surface area contributed by atoms with Crippen LogP contribution in [0.5, 0.6) is 0 Å². The van der Waals surface area contributed by atoms with Crippen LogP contribution in [0.15, 0.2) is 42.5 Å². The molecule has 0 fully saturated rings. The highest BCUT2D eigenvalue weighted by Gasteiger charge is 2.08. The fourth-order valence-electron chi connectivity index (χ4n) is 2.40. The normalized spacial score (nSPS) is 12.4. The first-order valence-electron chi connectivity index (χ1n) is 7.34. The average Bonchev–Trinajstić information content (AvgIpc) is 2.47. The van der Waals surface area contributed by atoms with Crippen LogP contribution in [0.1, 0.15) is 36.1 Å². The lowest BCUT2D eigenvalue weighted by atomic mass is 10.0. The summed E-state index contributed by atoms with van der Waals surface area (Å²) in [5, 5.41) is 5.03. The van der Waals surface area contributed by atoms with Crippen LogP contribution in [-0.2, 0) is 6.42 Å². The van der Waals surface area contributed by atoms with E-state index in [4.69, 9.17) is 23.2 Å². The molecule has 0 amide bonds. The highest BCUT2D eigenvalue weighted by atomic mass is 35.5. The monoisotopic (exact) mass is 321 g/mol. The minimum atomic E-state index is 0.386. The van der Waals surface area contributed by atoms with Crippen LogP contribution < -0.4 is 5.32 Å². The molecule has 2 aromatic carbocycles. The Morgan fingerprint density at radius 2 is 1.76 bits per heavy atom. The molecule has 0 bridgehead atoms. The summed E-state index contributed by atoms with van der Waals surface area (Å²) in [6.45, 7) is 5.21. The zero-order valence-electron chi connectivity index (χ0n) is 12.5. The summed E-state index contributed by atoms with van der Waals surface area (Å²) in [5.41, 5.74) is 3.76. The molecular weight excluding hydrogens is 301 g/mol. The van der Waals surface area contributed by atoms with E-state index in [9.17, 15) is 0 Å². The molecule has 1 N–H and O–H groups in total. The molecule has 0 spiro atoms. The van der Waals surface area contributed by atoms with Crippen LogP contribution in [0.2, 0.25) is 10.0 Å². The van der Waals surface area contributed by atoms with E-state index in [1.807, 2.05) is 12.1 Å². The molecule has 0 aliphatic carbocycles. The molecule has 0 aliphatic rings. The molecular formula is C18H21Cl2N. The van der Waals surface area contributed by atoms with Crippen LogP contribution in [0.25, 0.3) is 0 Å². The molecule has 0 radical (unpaired) electrons. The Balaban J connectivity index is 1.93. The maximum atomic E-state index is 6.20. The van der Waals surface area contributed by atoms with Gasteiger partial charge in [0, 0.05) is 16.1 Å². The Morgan fingerprint density at radius 1 is 1.05 bits per heavy atom. The van der Waals surface area contributed by atoms with E-state index in [1.54, 1.807) is 6.07 Å². The minimum absolute atomic E-state index is 0.386. The molecule has 0 saturated carbocycles. The van der Waals surface area contributed by atoms with E-state index in [1.165, 1.54) is 11.1 Å². The summed E-state index contributed by atoms with van der Waals surface area (Å²) in [6, 6.07) is 14.8. The number of halogens is 2. The van der Waals surface area contributed by atoms with Crippen molar-refractivity contribution in [2.45, 2.75) is 32.7 Å². The first kappa shape index (κ1) is 16.4. The minimum Gasteiger partial charge on any atom is -0.310 e. The molecule has 2 rings (SSSR count). The Bertz CT molecular complexity index is 578. The summed E-state index contributed by atoms with van der Waals surface area (Å²) in [6.07, 6.45) is 1.97. The van der Waals surface area contributed by atoms with Crippen LogP contribution in [0, 0.1) is 6.92 Å². The fourth-order valence-corrected chi connectivity index (χ4v) is 2.91. The number of nitrogens with one attached hydrogen (secondary N) is 1. The first-order chi connectivity index (χ1) is 10.1. The molecule has 0 aromatic heterocycles. The van der Waals surface area contributed by atoms with E-state index in [0.29, 0.717) is 11.1 Å². The summed E-state index contributed by atoms with van der Waals surface area (Å²) >= 11 is 12.1. The molecule has 21 heavy (non-hydrogen) atoms. The van der Waals surface area contributed by atoms with E-state index in [0.717, 1.165) is 30.0 Å². The Labute approximate surface area is 137 Å². The first-order valence-corrected chi connectivity index (χ1v) is 8.09. The summed E-state index contributed by atoms with van der Waals surface area (Å²) < 4.78 is 0. The van der Waals surface area contributed by atoms with Gasteiger partial charge < -0.3 is 5.32 Å². The molecule has 0 heterocycles. The van der Waals surface area contributed by atoms with E-state index >= 15 is 0 Å². The van der Waals surface area contributed by atoms with Gasteiger partial charge in [0.15, 0.2) is 0 Å². The lowest BCUT2D eigenvalue weighted by molar-refractivity contribution is 0.522. The maximum Gasteiger partial charge on any atom is 0.0453 e. The number of benzene rings is 2. The highest BCUT2D eigenvalue weighted by molar-refractivity contribution is 6.35. The van der Waals surface area contributed by atoms with Crippen molar-refractivity contribution in [1.29, 1.82) is 0 Å². The van der Waals surface area contributed by atoms with Crippen molar-refractivity contribution in [3.8, 4) is 0 Å². The predicted molar refractivity (Wildman–Crippen MR) is 92.4 cm³/mol. The molecule has 1 atom stereocenters. The molecule has 3 heteroatoms. The molecule has 0 saturated heterocycles. The second-order valence-electron chi connectivity index (χ2n) is 5.31. The van der Waals surface area contributed by atoms with E-state index < -0.39 is 0 Å². The van der Waals surface area contributed by atoms with Gasteiger partial charge in [-0.2, -0.15) is 0 Å². The van der Waals surface area contributed by atoms with Crippen LogP contribution >= 0.6 is 23.2 Å². The van der Waals surface area contributed by atoms with Gasteiger partial charge in [-0.05, 0) is 49.6 Å². The van der Waals surface area contributed by atoms with Gasteiger partial charge in [-0.25, -0.2) is 0 Å². The number of hydrogen-bond donors (Lipinski definition) is 1. The van der Waals surface area contributed by atoms with Gasteiger partial charge in [-0.3, -0.25) is 0 Å². The second kappa shape index (κ2) is 7.84. The summed E-state index contributed by atoms with van der Waals surface area (Å²) in [5.74, 6) is 0. The van der Waals surface area contributed by atoms with Crippen molar-refractivity contribution in [2.24, 2.45) is 0 Å². The van der Waals surface area contributed by atoms with Crippen molar-refractivity contribution in [2.75, 3.05) is 6.54 Å². The van der Waals surface area contributed by atoms with Crippen molar-refractivity contribution in [3.63, 3.8) is 0 Å². The second-order valence-corrected chi connectivity index (χ2v) is 6.16. The van der Waals surface area contributed by atoms with Crippen LogP contribution in [-0.4, -0.2) is 6.54 Å². The molecule has 0 aliphatic heterocycles. The number of hydrogen-bond acceptors (Lipinski definition) is 1. The zero-order valence-corrected chi connectivity index (χ0v) is 14.0. The lowest BCUT2D eigenvalue weighted by Gasteiger charge is -2.18. The predicted octanol–water partition coefficient (Wildman–Crippen LogP) is 5.59. The smallest absolute Gasteiger partial charge is 0.0453 e. The Morgan fingerprint density at radius 3 is 2.38 bits per heavy atom.